The number of rotatable bonds is 5. The van der Waals surface area contributed by atoms with Gasteiger partial charge in [-0.25, -0.2) is 9.37 Å². The van der Waals surface area contributed by atoms with Crippen molar-refractivity contribution >= 4 is 28.8 Å². The van der Waals surface area contributed by atoms with Crippen LogP contribution in [0.1, 0.15) is 11.1 Å². The SMILES string of the molecule is Cc1cc(Oc2ncnc(N3CCN(c4ccccc4F)CC3)c2[N+](=O)[O-])cc(C)c1Cl. The second-order valence-electron chi connectivity index (χ2n) is 7.51. The third-order valence-electron chi connectivity index (χ3n) is 5.35. The third-order valence-corrected chi connectivity index (χ3v) is 5.94. The van der Waals surface area contributed by atoms with Gasteiger partial charge in [0.2, 0.25) is 5.82 Å². The fourth-order valence-electron chi connectivity index (χ4n) is 3.76. The molecule has 166 valence electrons. The number of hydrogen-bond donors (Lipinski definition) is 0. The Hall–Kier alpha value is -3.46. The molecule has 0 N–H and O–H groups in total. The van der Waals surface area contributed by atoms with E-state index < -0.39 is 4.92 Å². The van der Waals surface area contributed by atoms with Gasteiger partial charge in [0.15, 0.2) is 0 Å². The lowest BCUT2D eigenvalue weighted by Crippen LogP contribution is -2.47. The highest BCUT2D eigenvalue weighted by molar-refractivity contribution is 6.32. The van der Waals surface area contributed by atoms with Crippen LogP contribution in [0.5, 0.6) is 11.6 Å². The Kier molecular flexibility index (Phi) is 6.09. The van der Waals surface area contributed by atoms with Crippen LogP contribution in [0.4, 0.5) is 21.6 Å². The summed E-state index contributed by atoms with van der Waals surface area (Å²) in [5.41, 5.74) is 1.80. The monoisotopic (exact) mass is 457 g/mol. The molecular weight excluding hydrogens is 437 g/mol. The van der Waals surface area contributed by atoms with E-state index in [0.29, 0.717) is 42.6 Å². The molecule has 0 amide bonds. The molecule has 1 aliphatic heterocycles. The number of para-hydroxylation sites is 1. The lowest BCUT2D eigenvalue weighted by Gasteiger charge is -2.36. The molecule has 1 aromatic heterocycles. The van der Waals surface area contributed by atoms with Gasteiger partial charge in [-0.3, -0.25) is 10.1 Å². The molecule has 2 aromatic carbocycles. The van der Waals surface area contributed by atoms with Gasteiger partial charge in [0.1, 0.15) is 17.9 Å². The van der Waals surface area contributed by atoms with Crippen molar-refractivity contribution in [3.8, 4) is 11.6 Å². The van der Waals surface area contributed by atoms with Gasteiger partial charge >= 0.3 is 11.6 Å². The second kappa shape index (κ2) is 8.96. The predicted molar refractivity (Wildman–Crippen MR) is 121 cm³/mol. The number of nitro groups is 1. The van der Waals surface area contributed by atoms with Gasteiger partial charge in [0.25, 0.3) is 0 Å². The summed E-state index contributed by atoms with van der Waals surface area (Å²) < 4.78 is 19.9. The molecular formula is C22H21ClFN5O3. The van der Waals surface area contributed by atoms with Crippen LogP contribution < -0.4 is 14.5 Å². The maximum atomic E-state index is 14.1. The highest BCUT2D eigenvalue weighted by atomic mass is 35.5. The maximum Gasteiger partial charge on any atom is 0.373 e. The largest absolute Gasteiger partial charge is 0.434 e. The predicted octanol–water partition coefficient (Wildman–Crippen LogP) is 4.91. The molecule has 0 atom stereocenters. The number of benzene rings is 2. The van der Waals surface area contributed by atoms with Crippen LogP contribution in [0.3, 0.4) is 0 Å². The second-order valence-corrected chi connectivity index (χ2v) is 7.88. The van der Waals surface area contributed by atoms with Crippen LogP contribution >= 0.6 is 11.6 Å². The lowest BCUT2D eigenvalue weighted by molar-refractivity contribution is -0.385. The summed E-state index contributed by atoms with van der Waals surface area (Å²) in [5.74, 6) is 0.146. The Morgan fingerprint density at radius 2 is 1.69 bits per heavy atom. The number of nitrogens with zero attached hydrogens (tertiary/aromatic N) is 5. The summed E-state index contributed by atoms with van der Waals surface area (Å²) in [6.07, 6.45) is 1.25. The van der Waals surface area contributed by atoms with Crippen LogP contribution in [0.25, 0.3) is 0 Å². The average molecular weight is 458 g/mol. The van der Waals surface area contributed by atoms with Crippen LogP contribution in [-0.4, -0.2) is 41.1 Å². The molecule has 0 radical (unpaired) electrons. The van der Waals surface area contributed by atoms with Crippen LogP contribution in [-0.2, 0) is 0 Å². The van der Waals surface area contributed by atoms with Crippen molar-refractivity contribution in [2.75, 3.05) is 36.0 Å². The van der Waals surface area contributed by atoms with E-state index in [2.05, 4.69) is 9.97 Å². The van der Waals surface area contributed by atoms with Crippen molar-refractivity contribution in [1.29, 1.82) is 0 Å². The first-order chi connectivity index (χ1) is 15.3. The van der Waals surface area contributed by atoms with Gasteiger partial charge in [-0.2, -0.15) is 4.98 Å². The highest BCUT2D eigenvalue weighted by Crippen LogP contribution is 2.38. The molecule has 0 bridgehead atoms. The summed E-state index contributed by atoms with van der Waals surface area (Å²) >= 11 is 6.20. The van der Waals surface area contributed by atoms with Crippen molar-refractivity contribution < 1.29 is 14.1 Å². The maximum absolute atomic E-state index is 14.1. The van der Waals surface area contributed by atoms with Crippen molar-refractivity contribution in [3.05, 3.63) is 74.8 Å². The van der Waals surface area contributed by atoms with Crippen LogP contribution in [0.15, 0.2) is 42.7 Å². The van der Waals surface area contributed by atoms with E-state index in [4.69, 9.17) is 16.3 Å². The van der Waals surface area contributed by atoms with E-state index in [1.807, 2.05) is 18.7 Å². The van der Waals surface area contributed by atoms with Gasteiger partial charge in [0.05, 0.1) is 10.6 Å². The number of aryl methyl sites for hydroxylation is 2. The first-order valence-corrected chi connectivity index (χ1v) is 10.4. The molecule has 0 unspecified atom stereocenters. The normalized spacial score (nSPS) is 13.9. The van der Waals surface area contributed by atoms with E-state index in [-0.39, 0.29) is 23.2 Å². The summed E-state index contributed by atoms with van der Waals surface area (Å²) in [7, 11) is 0. The van der Waals surface area contributed by atoms with E-state index in [0.717, 1.165) is 11.1 Å². The molecule has 1 fully saturated rings. The number of aromatic nitrogens is 2. The van der Waals surface area contributed by atoms with Gasteiger partial charge in [0, 0.05) is 31.2 Å². The van der Waals surface area contributed by atoms with Crippen molar-refractivity contribution in [2.24, 2.45) is 0 Å². The van der Waals surface area contributed by atoms with Gasteiger partial charge in [-0.15, -0.1) is 0 Å². The smallest absolute Gasteiger partial charge is 0.373 e. The topological polar surface area (TPSA) is 84.6 Å². The molecule has 2 heterocycles. The van der Waals surface area contributed by atoms with Crippen molar-refractivity contribution in [3.63, 3.8) is 0 Å². The number of ether oxygens (including phenoxy) is 1. The van der Waals surface area contributed by atoms with E-state index in [1.165, 1.54) is 12.4 Å². The molecule has 10 heteroatoms. The summed E-state index contributed by atoms with van der Waals surface area (Å²) in [5, 5.41) is 12.5. The Morgan fingerprint density at radius 1 is 1.06 bits per heavy atom. The molecule has 1 saturated heterocycles. The summed E-state index contributed by atoms with van der Waals surface area (Å²) in [6.45, 7) is 5.52. The first kappa shape index (κ1) is 21.8. The molecule has 8 nitrogen and oxygen atoms in total. The molecule has 1 aliphatic rings. The van der Waals surface area contributed by atoms with E-state index in [1.54, 1.807) is 35.2 Å². The molecule has 32 heavy (non-hydrogen) atoms. The number of hydrogen-bond acceptors (Lipinski definition) is 7. The average Bonchev–Trinajstić information content (AvgIpc) is 2.77. The molecule has 3 aromatic rings. The molecule has 0 spiro atoms. The van der Waals surface area contributed by atoms with Crippen molar-refractivity contribution in [1.82, 2.24) is 9.97 Å². The molecule has 4 rings (SSSR count). The number of halogens is 2. The van der Waals surface area contributed by atoms with Crippen LogP contribution in [0, 0.1) is 29.8 Å². The summed E-state index contributed by atoms with van der Waals surface area (Å²) in [4.78, 5) is 23.3. The summed E-state index contributed by atoms with van der Waals surface area (Å²) in [6, 6.07) is 9.97. The lowest BCUT2D eigenvalue weighted by atomic mass is 10.1. The number of anilines is 2. The minimum atomic E-state index is -0.538. The zero-order chi connectivity index (χ0) is 22.8. The standard InChI is InChI=1S/C22H21ClFN5O3/c1-14-11-16(12-15(2)19(14)23)32-22-20(29(30)31)21(25-13-26-22)28-9-7-27(8-10-28)18-6-4-3-5-17(18)24/h3-6,11-13H,7-10H2,1-2H3. The fourth-order valence-corrected chi connectivity index (χ4v) is 3.87. The Balaban J connectivity index is 1.59. The quantitative estimate of drug-likeness (QED) is 0.397. The Morgan fingerprint density at radius 3 is 2.31 bits per heavy atom. The van der Waals surface area contributed by atoms with E-state index in [9.17, 15) is 14.5 Å². The Bertz CT molecular complexity index is 1150. The first-order valence-electron chi connectivity index (χ1n) is 10.0. The van der Waals surface area contributed by atoms with Crippen LogP contribution in [0.2, 0.25) is 5.02 Å². The minimum Gasteiger partial charge on any atom is -0.434 e. The third kappa shape index (κ3) is 4.29. The zero-order valence-electron chi connectivity index (χ0n) is 17.6. The van der Waals surface area contributed by atoms with Gasteiger partial charge in [-0.1, -0.05) is 23.7 Å². The number of piperazine rings is 1. The van der Waals surface area contributed by atoms with Crippen molar-refractivity contribution in [2.45, 2.75) is 13.8 Å². The Labute approximate surface area is 189 Å². The van der Waals surface area contributed by atoms with Gasteiger partial charge in [-0.05, 0) is 49.2 Å². The molecule has 0 aliphatic carbocycles. The highest BCUT2D eigenvalue weighted by Gasteiger charge is 2.31. The van der Waals surface area contributed by atoms with E-state index >= 15 is 0 Å². The molecule has 0 saturated carbocycles. The van der Waals surface area contributed by atoms with Gasteiger partial charge < -0.3 is 14.5 Å². The fraction of sp³-hybridized carbons (Fsp3) is 0.273. The minimum absolute atomic E-state index is 0.141. The zero-order valence-corrected chi connectivity index (χ0v) is 18.3.